The zero-order valence-electron chi connectivity index (χ0n) is 17.5. The monoisotopic (exact) mass is 407 g/mol. The highest BCUT2D eigenvalue weighted by atomic mass is 32.2. The lowest BCUT2D eigenvalue weighted by Crippen LogP contribution is -2.38. The van der Waals surface area contributed by atoms with Gasteiger partial charge < -0.3 is 20.3 Å². The second kappa shape index (κ2) is 9.31. The second-order valence-corrected chi connectivity index (χ2v) is 9.42. The Hall–Kier alpha value is -1.54. The van der Waals surface area contributed by atoms with Crippen molar-refractivity contribution in [3.8, 4) is 0 Å². The van der Waals surface area contributed by atoms with E-state index in [1.54, 1.807) is 16.7 Å². The normalized spacial score (nSPS) is 20.6. The first-order valence-electron chi connectivity index (χ1n) is 10.2. The average Bonchev–Trinajstić information content (AvgIpc) is 3.31. The standard InChI is InChI=1S/C20H33N5O2S/c1-20(2,3)27-19(26)25-10-9-16(13-25)21-11-14-12-22-18(28-4)24-17(14)23-15-7-5-6-8-15/h12,15-16,21H,5-11,13H2,1-4H3,(H,22,23,24)/t16-/m0/s1. The molecule has 2 N–H and O–H groups in total. The number of nitrogens with one attached hydrogen (secondary N) is 2. The van der Waals surface area contributed by atoms with Gasteiger partial charge in [-0.2, -0.15) is 0 Å². The molecule has 1 aromatic rings. The quantitative estimate of drug-likeness (QED) is 0.550. The molecule has 1 saturated carbocycles. The molecule has 0 spiro atoms. The summed E-state index contributed by atoms with van der Waals surface area (Å²) in [7, 11) is 0. The van der Waals surface area contributed by atoms with Crippen LogP contribution in [0.15, 0.2) is 11.4 Å². The van der Waals surface area contributed by atoms with Gasteiger partial charge in [0.1, 0.15) is 11.4 Å². The number of amides is 1. The van der Waals surface area contributed by atoms with E-state index in [9.17, 15) is 4.79 Å². The summed E-state index contributed by atoms with van der Waals surface area (Å²) in [5, 5.41) is 7.99. The first-order valence-corrected chi connectivity index (χ1v) is 11.4. The van der Waals surface area contributed by atoms with E-state index < -0.39 is 5.60 Å². The molecule has 1 aliphatic carbocycles. The van der Waals surface area contributed by atoms with Crippen LogP contribution in [-0.4, -0.2) is 58.0 Å². The molecule has 0 radical (unpaired) electrons. The largest absolute Gasteiger partial charge is 0.444 e. The number of rotatable bonds is 6. The van der Waals surface area contributed by atoms with Crippen molar-refractivity contribution in [2.75, 3.05) is 24.7 Å². The zero-order valence-corrected chi connectivity index (χ0v) is 18.3. The summed E-state index contributed by atoms with van der Waals surface area (Å²) >= 11 is 1.56. The van der Waals surface area contributed by atoms with Crippen molar-refractivity contribution in [3.63, 3.8) is 0 Å². The third-order valence-corrected chi connectivity index (χ3v) is 5.70. The summed E-state index contributed by atoms with van der Waals surface area (Å²) in [6.45, 7) is 7.78. The van der Waals surface area contributed by atoms with E-state index in [4.69, 9.17) is 9.72 Å². The Morgan fingerprint density at radius 2 is 2.04 bits per heavy atom. The third-order valence-electron chi connectivity index (χ3n) is 5.14. The van der Waals surface area contributed by atoms with Gasteiger partial charge in [-0.25, -0.2) is 14.8 Å². The van der Waals surface area contributed by atoms with Crippen molar-refractivity contribution >= 4 is 23.7 Å². The molecule has 7 nitrogen and oxygen atoms in total. The van der Waals surface area contributed by atoms with Crippen LogP contribution >= 0.6 is 11.8 Å². The minimum absolute atomic E-state index is 0.229. The molecule has 0 unspecified atom stereocenters. The maximum Gasteiger partial charge on any atom is 0.410 e. The Morgan fingerprint density at radius 3 is 2.71 bits per heavy atom. The van der Waals surface area contributed by atoms with Crippen LogP contribution in [0.5, 0.6) is 0 Å². The van der Waals surface area contributed by atoms with E-state index in [-0.39, 0.29) is 12.1 Å². The number of ether oxygens (including phenoxy) is 1. The smallest absolute Gasteiger partial charge is 0.410 e. The summed E-state index contributed by atoms with van der Waals surface area (Å²) in [4.78, 5) is 23.2. The van der Waals surface area contributed by atoms with Crippen LogP contribution in [0.3, 0.4) is 0 Å². The van der Waals surface area contributed by atoms with E-state index in [1.807, 2.05) is 33.2 Å². The topological polar surface area (TPSA) is 79.4 Å². The fourth-order valence-electron chi connectivity index (χ4n) is 3.68. The van der Waals surface area contributed by atoms with Gasteiger partial charge in [-0.1, -0.05) is 24.6 Å². The van der Waals surface area contributed by atoms with Crippen LogP contribution in [0.1, 0.15) is 58.4 Å². The lowest BCUT2D eigenvalue weighted by molar-refractivity contribution is 0.0291. The van der Waals surface area contributed by atoms with Crippen LogP contribution in [0, 0.1) is 0 Å². The number of carbonyl (C=O) groups excluding carboxylic acids is 1. The van der Waals surface area contributed by atoms with Crippen molar-refractivity contribution in [2.24, 2.45) is 0 Å². The van der Waals surface area contributed by atoms with E-state index in [0.717, 1.165) is 29.5 Å². The van der Waals surface area contributed by atoms with E-state index in [1.165, 1.54) is 25.7 Å². The van der Waals surface area contributed by atoms with Gasteiger partial charge in [0.05, 0.1) is 0 Å². The highest BCUT2D eigenvalue weighted by Crippen LogP contribution is 2.25. The summed E-state index contributed by atoms with van der Waals surface area (Å²) in [5.74, 6) is 0.945. The Kier molecular flexibility index (Phi) is 7.04. The average molecular weight is 408 g/mol. The van der Waals surface area contributed by atoms with Crippen molar-refractivity contribution in [1.82, 2.24) is 20.2 Å². The SMILES string of the molecule is CSc1ncc(CN[C@H]2CCN(C(=O)OC(C)(C)C)C2)c(NC2CCCC2)n1. The third kappa shape index (κ3) is 5.98. The van der Waals surface area contributed by atoms with Gasteiger partial charge in [-0.15, -0.1) is 0 Å². The van der Waals surface area contributed by atoms with E-state index >= 15 is 0 Å². The summed E-state index contributed by atoms with van der Waals surface area (Å²) in [5.41, 5.74) is 0.625. The Bertz CT molecular complexity index is 673. The first-order chi connectivity index (χ1) is 13.3. The van der Waals surface area contributed by atoms with Gasteiger partial charge in [0.2, 0.25) is 0 Å². The molecule has 0 aromatic carbocycles. The second-order valence-electron chi connectivity index (χ2n) is 8.65. The predicted octanol–water partition coefficient (Wildman–Crippen LogP) is 3.65. The molecule has 156 valence electrons. The fourth-order valence-corrected chi connectivity index (χ4v) is 4.02. The van der Waals surface area contributed by atoms with Gasteiger partial charge in [0.15, 0.2) is 5.16 Å². The maximum atomic E-state index is 12.2. The lowest BCUT2D eigenvalue weighted by atomic mass is 10.2. The molecule has 2 aliphatic rings. The number of nitrogens with zero attached hydrogens (tertiary/aromatic N) is 3. The van der Waals surface area contributed by atoms with Crippen molar-refractivity contribution in [3.05, 3.63) is 11.8 Å². The van der Waals surface area contributed by atoms with Crippen LogP contribution < -0.4 is 10.6 Å². The molecular weight excluding hydrogens is 374 g/mol. The Morgan fingerprint density at radius 1 is 1.29 bits per heavy atom. The maximum absolute atomic E-state index is 12.2. The fraction of sp³-hybridized carbons (Fsp3) is 0.750. The molecule has 2 fully saturated rings. The van der Waals surface area contributed by atoms with Crippen molar-refractivity contribution in [1.29, 1.82) is 0 Å². The van der Waals surface area contributed by atoms with Gasteiger partial charge in [0.25, 0.3) is 0 Å². The molecule has 2 heterocycles. The number of carbonyl (C=O) groups is 1. The minimum atomic E-state index is -0.459. The van der Waals surface area contributed by atoms with Crippen LogP contribution in [0.2, 0.25) is 0 Å². The number of aromatic nitrogens is 2. The molecule has 28 heavy (non-hydrogen) atoms. The Labute approximate surface area is 172 Å². The van der Waals surface area contributed by atoms with Gasteiger partial charge >= 0.3 is 6.09 Å². The van der Waals surface area contributed by atoms with E-state index in [0.29, 0.717) is 19.1 Å². The van der Waals surface area contributed by atoms with Gasteiger partial charge in [-0.3, -0.25) is 0 Å². The zero-order chi connectivity index (χ0) is 20.1. The molecule has 8 heteroatoms. The molecule has 1 saturated heterocycles. The molecule has 0 bridgehead atoms. The van der Waals surface area contributed by atoms with Crippen LogP contribution in [0.25, 0.3) is 0 Å². The number of hydrogen-bond donors (Lipinski definition) is 2. The summed E-state index contributed by atoms with van der Waals surface area (Å²) in [6.07, 6.45) is 9.60. The molecule has 1 amide bonds. The Balaban J connectivity index is 1.56. The highest BCUT2D eigenvalue weighted by Gasteiger charge is 2.29. The lowest BCUT2D eigenvalue weighted by Gasteiger charge is -2.24. The molecule has 1 atom stereocenters. The molecule has 1 aliphatic heterocycles. The molecule has 1 aromatic heterocycles. The number of thioether (sulfide) groups is 1. The predicted molar refractivity (Wildman–Crippen MR) is 113 cm³/mol. The van der Waals surface area contributed by atoms with E-state index in [2.05, 4.69) is 15.6 Å². The molecular formula is C20H33N5O2S. The molecule has 3 rings (SSSR count). The first kappa shape index (κ1) is 21.2. The number of likely N-dealkylation sites (tertiary alicyclic amines) is 1. The van der Waals surface area contributed by atoms with Crippen LogP contribution in [0.4, 0.5) is 10.6 Å². The van der Waals surface area contributed by atoms with Gasteiger partial charge in [-0.05, 0) is 46.3 Å². The van der Waals surface area contributed by atoms with Crippen molar-refractivity contribution in [2.45, 2.75) is 82.3 Å². The number of anilines is 1. The van der Waals surface area contributed by atoms with Crippen molar-refractivity contribution < 1.29 is 9.53 Å². The summed E-state index contributed by atoms with van der Waals surface area (Å²) in [6, 6.07) is 0.768. The minimum Gasteiger partial charge on any atom is -0.444 e. The summed E-state index contributed by atoms with van der Waals surface area (Å²) < 4.78 is 5.48. The van der Waals surface area contributed by atoms with Crippen LogP contribution in [-0.2, 0) is 11.3 Å². The highest BCUT2D eigenvalue weighted by molar-refractivity contribution is 7.98. The van der Waals surface area contributed by atoms with Gasteiger partial charge in [0, 0.05) is 43.5 Å². The number of hydrogen-bond acceptors (Lipinski definition) is 7.